The minimum atomic E-state index is -3.13. The normalized spacial score (nSPS) is 21.3. The van der Waals surface area contributed by atoms with E-state index in [4.69, 9.17) is 11.6 Å². The van der Waals surface area contributed by atoms with Gasteiger partial charge in [0.1, 0.15) is 0 Å². The first-order valence-electron chi connectivity index (χ1n) is 8.24. The van der Waals surface area contributed by atoms with Gasteiger partial charge in [-0.3, -0.25) is 4.79 Å². The second-order valence-corrected chi connectivity index (χ2v) is 9.21. The van der Waals surface area contributed by atoms with E-state index in [-0.39, 0.29) is 24.2 Å². The van der Waals surface area contributed by atoms with Gasteiger partial charge in [-0.05, 0) is 36.5 Å². The summed E-state index contributed by atoms with van der Waals surface area (Å²) in [6.45, 7) is 2.35. The van der Waals surface area contributed by atoms with E-state index in [0.29, 0.717) is 22.2 Å². The molecule has 0 aromatic heterocycles. The molecular formula is C17H25ClN2O3S. The molecule has 0 saturated heterocycles. The lowest BCUT2D eigenvalue weighted by molar-refractivity contribution is -0.120. The lowest BCUT2D eigenvalue weighted by atomic mass is 9.86. The van der Waals surface area contributed by atoms with Crippen molar-refractivity contribution in [1.29, 1.82) is 0 Å². The van der Waals surface area contributed by atoms with Crippen LogP contribution in [0, 0.1) is 5.92 Å². The molecule has 2 N–H and O–H groups in total. The van der Waals surface area contributed by atoms with Crippen molar-refractivity contribution in [3.05, 3.63) is 28.8 Å². The topological polar surface area (TPSA) is 75.3 Å². The number of amides is 1. The van der Waals surface area contributed by atoms with Gasteiger partial charge >= 0.3 is 0 Å². The number of halogens is 1. The fraction of sp³-hybridized carbons (Fsp3) is 0.588. The Hall–Kier alpha value is -1.27. The summed E-state index contributed by atoms with van der Waals surface area (Å²) >= 11 is 6.12. The zero-order valence-electron chi connectivity index (χ0n) is 14.1. The molecule has 24 heavy (non-hydrogen) atoms. The van der Waals surface area contributed by atoms with E-state index < -0.39 is 9.84 Å². The Morgan fingerprint density at radius 1 is 1.29 bits per heavy atom. The van der Waals surface area contributed by atoms with E-state index >= 15 is 0 Å². The first-order chi connectivity index (χ1) is 11.2. The summed E-state index contributed by atoms with van der Waals surface area (Å²) in [5, 5.41) is 6.50. The SMILES string of the molecule is CC1CCCCC1NC(=O)CNc1ccc(CS(C)(=O)=O)c(Cl)c1. The van der Waals surface area contributed by atoms with Crippen molar-refractivity contribution in [3.8, 4) is 0 Å². The van der Waals surface area contributed by atoms with Crippen LogP contribution in [0.2, 0.25) is 5.02 Å². The zero-order chi connectivity index (χ0) is 17.7. The first kappa shape index (κ1) is 19.1. The van der Waals surface area contributed by atoms with Crippen LogP contribution < -0.4 is 10.6 Å². The predicted molar refractivity (Wildman–Crippen MR) is 98.1 cm³/mol. The molecule has 0 bridgehead atoms. The zero-order valence-corrected chi connectivity index (χ0v) is 15.7. The molecule has 0 aliphatic heterocycles. The lowest BCUT2D eigenvalue weighted by Gasteiger charge is -2.29. The van der Waals surface area contributed by atoms with Crippen LogP contribution >= 0.6 is 11.6 Å². The average molecular weight is 373 g/mol. The Morgan fingerprint density at radius 2 is 2.00 bits per heavy atom. The van der Waals surface area contributed by atoms with Crippen LogP contribution in [0.3, 0.4) is 0 Å². The van der Waals surface area contributed by atoms with Crippen LogP contribution in [-0.2, 0) is 20.4 Å². The fourth-order valence-corrected chi connectivity index (χ4v) is 4.17. The van der Waals surface area contributed by atoms with Gasteiger partial charge in [-0.25, -0.2) is 8.42 Å². The predicted octanol–water partition coefficient (Wildman–Crippen LogP) is 2.99. The summed E-state index contributed by atoms with van der Waals surface area (Å²) in [5.41, 5.74) is 1.26. The molecule has 0 spiro atoms. The van der Waals surface area contributed by atoms with Crippen molar-refractivity contribution < 1.29 is 13.2 Å². The number of nitrogens with one attached hydrogen (secondary N) is 2. The van der Waals surface area contributed by atoms with Crippen molar-refractivity contribution in [1.82, 2.24) is 5.32 Å². The number of anilines is 1. The maximum atomic E-state index is 12.1. The molecule has 2 atom stereocenters. The first-order valence-corrected chi connectivity index (χ1v) is 10.7. The Kier molecular flexibility index (Phi) is 6.52. The quantitative estimate of drug-likeness (QED) is 0.804. The molecule has 5 nitrogen and oxygen atoms in total. The molecule has 7 heteroatoms. The van der Waals surface area contributed by atoms with Crippen LogP contribution in [-0.4, -0.2) is 33.2 Å². The molecular weight excluding hydrogens is 348 g/mol. The number of benzene rings is 1. The second-order valence-electron chi connectivity index (χ2n) is 6.67. The summed E-state index contributed by atoms with van der Waals surface area (Å²) in [6.07, 6.45) is 5.78. The number of rotatable bonds is 6. The summed E-state index contributed by atoms with van der Waals surface area (Å²) in [6, 6.07) is 5.32. The Bertz CT molecular complexity index is 691. The number of hydrogen-bond acceptors (Lipinski definition) is 4. The van der Waals surface area contributed by atoms with Gasteiger partial charge in [0.25, 0.3) is 0 Å². The van der Waals surface area contributed by atoms with Crippen LogP contribution in [0.15, 0.2) is 18.2 Å². The van der Waals surface area contributed by atoms with Crippen LogP contribution in [0.1, 0.15) is 38.2 Å². The smallest absolute Gasteiger partial charge is 0.239 e. The molecule has 1 aromatic carbocycles. The Morgan fingerprint density at radius 3 is 2.62 bits per heavy atom. The molecule has 1 aromatic rings. The van der Waals surface area contributed by atoms with Gasteiger partial charge in [-0.1, -0.05) is 37.4 Å². The van der Waals surface area contributed by atoms with Gasteiger partial charge in [0.05, 0.1) is 12.3 Å². The summed E-state index contributed by atoms with van der Waals surface area (Å²) in [4.78, 5) is 12.1. The summed E-state index contributed by atoms with van der Waals surface area (Å²) < 4.78 is 22.7. The van der Waals surface area contributed by atoms with E-state index in [9.17, 15) is 13.2 Å². The van der Waals surface area contributed by atoms with Gasteiger partial charge in [-0.15, -0.1) is 0 Å². The molecule has 1 aliphatic carbocycles. The van der Waals surface area contributed by atoms with Crippen molar-refractivity contribution in [2.75, 3.05) is 18.1 Å². The van der Waals surface area contributed by atoms with Gasteiger partial charge in [-0.2, -0.15) is 0 Å². The van der Waals surface area contributed by atoms with Gasteiger partial charge in [0.15, 0.2) is 9.84 Å². The monoisotopic (exact) mass is 372 g/mol. The third-order valence-corrected chi connectivity index (χ3v) is 5.57. The summed E-state index contributed by atoms with van der Waals surface area (Å²) in [5.74, 6) is 0.393. The average Bonchev–Trinajstić information content (AvgIpc) is 2.49. The van der Waals surface area contributed by atoms with E-state index in [2.05, 4.69) is 17.6 Å². The molecule has 1 amide bonds. The van der Waals surface area contributed by atoms with E-state index in [1.807, 2.05) is 0 Å². The third-order valence-electron chi connectivity index (χ3n) is 4.38. The van der Waals surface area contributed by atoms with Crippen molar-refractivity contribution in [2.24, 2.45) is 5.92 Å². The van der Waals surface area contributed by atoms with Gasteiger partial charge < -0.3 is 10.6 Å². The number of carbonyl (C=O) groups is 1. The lowest BCUT2D eigenvalue weighted by Crippen LogP contribution is -2.43. The molecule has 1 fully saturated rings. The van der Waals surface area contributed by atoms with Crippen LogP contribution in [0.5, 0.6) is 0 Å². The van der Waals surface area contributed by atoms with Gasteiger partial charge in [0, 0.05) is 23.0 Å². The summed E-state index contributed by atoms with van der Waals surface area (Å²) in [7, 11) is -3.13. The second kappa shape index (κ2) is 8.21. The highest BCUT2D eigenvalue weighted by atomic mass is 35.5. The van der Waals surface area contributed by atoms with E-state index in [0.717, 1.165) is 12.8 Å². The molecule has 0 heterocycles. The Balaban J connectivity index is 1.87. The molecule has 134 valence electrons. The molecule has 2 unspecified atom stereocenters. The largest absolute Gasteiger partial charge is 0.376 e. The molecule has 0 radical (unpaired) electrons. The molecule has 1 saturated carbocycles. The highest BCUT2D eigenvalue weighted by Gasteiger charge is 2.22. The van der Waals surface area contributed by atoms with E-state index in [1.165, 1.54) is 19.1 Å². The molecule has 2 rings (SSSR count). The minimum Gasteiger partial charge on any atom is -0.376 e. The van der Waals surface area contributed by atoms with Gasteiger partial charge in [0.2, 0.25) is 5.91 Å². The van der Waals surface area contributed by atoms with Crippen LogP contribution in [0.4, 0.5) is 5.69 Å². The number of sulfone groups is 1. The Labute approximate surface area is 149 Å². The van der Waals surface area contributed by atoms with Crippen LogP contribution in [0.25, 0.3) is 0 Å². The maximum absolute atomic E-state index is 12.1. The number of carbonyl (C=O) groups excluding carboxylic acids is 1. The number of hydrogen-bond donors (Lipinski definition) is 2. The minimum absolute atomic E-state index is 0.0370. The van der Waals surface area contributed by atoms with Crippen molar-refractivity contribution in [2.45, 2.75) is 44.4 Å². The standard InChI is InChI=1S/C17H25ClN2O3S/c1-12-5-3-4-6-16(12)20-17(21)10-19-14-8-7-13(15(18)9-14)11-24(2,22)23/h7-9,12,16,19H,3-6,10-11H2,1-2H3,(H,20,21). The van der Waals surface area contributed by atoms with E-state index in [1.54, 1.807) is 18.2 Å². The van der Waals surface area contributed by atoms with Crippen molar-refractivity contribution in [3.63, 3.8) is 0 Å². The fourth-order valence-electron chi connectivity index (χ4n) is 3.03. The highest BCUT2D eigenvalue weighted by molar-refractivity contribution is 7.89. The highest BCUT2D eigenvalue weighted by Crippen LogP contribution is 2.24. The maximum Gasteiger partial charge on any atom is 0.239 e. The third kappa shape index (κ3) is 5.98. The molecule has 1 aliphatic rings. The van der Waals surface area contributed by atoms with Crippen molar-refractivity contribution >= 4 is 33.0 Å².